The van der Waals surface area contributed by atoms with Gasteiger partial charge >= 0.3 is 5.97 Å². The molecule has 0 saturated heterocycles. The average molecular weight is 380 g/mol. The number of para-hydroxylation sites is 1. The maximum atomic E-state index is 13.0. The van der Waals surface area contributed by atoms with Crippen molar-refractivity contribution in [2.45, 2.75) is 25.4 Å². The van der Waals surface area contributed by atoms with E-state index in [4.69, 9.17) is 4.74 Å². The van der Waals surface area contributed by atoms with Gasteiger partial charge < -0.3 is 19.7 Å². The number of carbonyl (C=O) groups excluding carboxylic acids is 1. The van der Waals surface area contributed by atoms with Crippen molar-refractivity contribution in [3.05, 3.63) is 71.9 Å². The molecule has 3 rings (SSSR count). The predicted molar refractivity (Wildman–Crippen MR) is 107 cm³/mol. The van der Waals surface area contributed by atoms with Crippen LogP contribution in [0.2, 0.25) is 0 Å². The molecule has 1 aromatic heterocycles. The quantitative estimate of drug-likeness (QED) is 0.628. The Morgan fingerprint density at radius 3 is 2.46 bits per heavy atom. The summed E-state index contributed by atoms with van der Waals surface area (Å²) in [5, 5.41) is 12.9. The first-order valence-electron chi connectivity index (χ1n) is 9.07. The number of carboxylic acid groups (broad SMARTS) is 1. The molecule has 0 fully saturated rings. The number of nitrogens with one attached hydrogen (secondary N) is 1. The van der Waals surface area contributed by atoms with Crippen LogP contribution in [0.15, 0.2) is 60.8 Å². The Kier molecular flexibility index (Phi) is 5.80. The van der Waals surface area contributed by atoms with Gasteiger partial charge in [-0.3, -0.25) is 9.59 Å². The van der Waals surface area contributed by atoms with Gasteiger partial charge in [0.25, 0.3) is 5.91 Å². The molecule has 0 spiro atoms. The third kappa shape index (κ3) is 4.40. The van der Waals surface area contributed by atoms with Crippen LogP contribution in [0.1, 0.15) is 29.3 Å². The van der Waals surface area contributed by atoms with Gasteiger partial charge in [-0.05, 0) is 18.6 Å². The van der Waals surface area contributed by atoms with Crippen LogP contribution in [0.5, 0.6) is 0 Å². The van der Waals surface area contributed by atoms with Crippen LogP contribution in [0.25, 0.3) is 10.9 Å². The molecule has 6 nitrogen and oxygen atoms in total. The highest BCUT2D eigenvalue weighted by molar-refractivity contribution is 6.07. The summed E-state index contributed by atoms with van der Waals surface area (Å²) >= 11 is 0. The van der Waals surface area contributed by atoms with E-state index in [2.05, 4.69) is 5.32 Å². The number of benzene rings is 2. The maximum Gasteiger partial charge on any atom is 0.305 e. The van der Waals surface area contributed by atoms with Crippen LogP contribution in [0.3, 0.4) is 0 Å². The molecule has 0 aliphatic rings. The van der Waals surface area contributed by atoms with Gasteiger partial charge in [0.05, 0.1) is 24.1 Å². The lowest BCUT2D eigenvalue weighted by atomic mass is 9.98. The van der Waals surface area contributed by atoms with E-state index < -0.39 is 11.5 Å². The lowest BCUT2D eigenvalue weighted by Crippen LogP contribution is -2.50. The SMILES string of the molecule is COCC(C)(CC(=O)O)NC(=O)c1cn(Cc2ccccc2)c2ccccc12. The van der Waals surface area contributed by atoms with E-state index >= 15 is 0 Å². The topological polar surface area (TPSA) is 80.6 Å². The molecule has 1 heterocycles. The van der Waals surface area contributed by atoms with Gasteiger partial charge in [0.1, 0.15) is 0 Å². The minimum absolute atomic E-state index is 0.105. The van der Waals surface area contributed by atoms with Gasteiger partial charge in [0.2, 0.25) is 0 Å². The second-order valence-electron chi connectivity index (χ2n) is 7.19. The van der Waals surface area contributed by atoms with Gasteiger partial charge in [-0.1, -0.05) is 48.5 Å². The molecule has 3 aromatic rings. The molecule has 28 heavy (non-hydrogen) atoms. The molecule has 0 aliphatic carbocycles. The fraction of sp³-hybridized carbons (Fsp3) is 0.273. The van der Waals surface area contributed by atoms with Crippen molar-refractivity contribution in [2.24, 2.45) is 0 Å². The largest absolute Gasteiger partial charge is 0.481 e. The fourth-order valence-electron chi connectivity index (χ4n) is 3.46. The summed E-state index contributed by atoms with van der Waals surface area (Å²) < 4.78 is 7.17. The van der Waals surface area contributed by atoms with E-state index in [0.29, 0.717) is 12.1 Å². The number of methoxy groups -OCH3 is 1. The number of hydrogen-bond acceptors (Lipinski definition) is 3. The van der Waals surface area contributed by atoms with Crippen molar-refractivity contribution in [3.8, 4) is 0 Å². The molecule has 2 N–H and O–H groups in total. The molecule has 0 saturated carbocycles. The van der Waals surface area contributed by atoms with Crippen molar-refractivity contribution in [1.82, 2.24) is 9.88 Å². The van der Waals surface area contributed by atoms with Crippen LogP contribution in [0.4, 0.5) is 0 Å². The highest BCUT2D eigenvalue weighted by Crippen LogP contribution is 2.23. The summed E-state index contributed by atoms with van der Waals surface area (Å²) in [7, 11) is 1.48. The van der Waals surface area contributed by atoms with Gasteiger partial charge in [0.15, 0.2) is 0 Å². The standard InChI is InChI=1S/C22H24N2O4/c1-22(15-28-2,12-20(25)26)23-21(27)18-14-24(13-16-8-4-3-5-9-16)19-11-7-6-10-17(18)19/h3-11,14H,12-13,15H2,1-2H3,(H,23,27)(H,25,26). The Balaban J connectivity index is 1.94. The lowest BCUT2D eigenvalue weighted by molar-refractivity contribution is -0.139. The zero-order valence-electron chi connectivity index (χ0n) is 16.0. The van der Waals surface area contributed by atoms with Crippen LogP contribution in [-0.2, 0) is 16.1 Å². The first kappa shape index (κ1) is 19.6. The number of ether oxygens (including phenoxy) is 1. The second-order valence-corrected chi connectivity index (χ2v) is 7.19. The molecule has 0 aliphatic heterocycles. The minimum atomic E-state index is -1.000. The van der Waals surface area contributed by atoms with Gasteiger partial charge in [-0.2, -0.15) is 0 Å². The van der Waals surface area contributed by atoms with Crippen LogP contribution < -0.4 is 5.32 Å². The highest BCUT2D eigenvalue weighted by atomic mass is 16.5. The normalized spacial score (nSPS) is 13.2. The first-order chi connectivity index (χ1) is 13.4. The summed E-state index contributed by atoms with van der Waals surface area (Å²) in [4.78, 5) is 24.2. The van der Waals surface area contributed by atoms with E-state index in [9.17, 15) is 14.7 Å². The van der Waals surface area contributed by atoms with Crippen molar-refractivity contribution < 1.29 is 19.4 Å². The Morgan fingerprint density at radius 1 is 1.11 bits per heavy atom. The zero-order chi connectivity index (χ0) is 20.1. The fourth-order valence-corrected chi connectivity index (χ4v) is 3.46. The summed E-state index contributed by atoms with van der Waals surface area (Å²) in [6.45, 7) is 2.42. The zero-order valence-corrected chi connectivity index (χ0v) is 16.0. The van der Waals surface area contributed by atoms with Crippen molar-refractivity contribution in [1.29, 1.82) is 0 Å². The molecule has 0 bridgehead atoms. The highest BCUT2D eigenvalue weighted by Gasteiger charge is 2.31. The molecular formula is C22H24N2O4. The van der Waals surface area contributed by atoms with Crippen LogP contribution >= 0.6 is 0 Å². The minimum Gasteiger partial charge on any atom is -0.481 e. The molecule has 1 atom stereocenters. The number of amides is 1. The molecule has 1 unspecified atom stereocenters. The molecule has 2 aromatic carbocycles. The van der Waals surface area contributed by atoms with Crippen LogP contribution in [-0.4, -0.2) is 40.8 Å². The number of carboxylic acids is 1. The summed E-state index contributed by atoms with van der Waals surface area (Å²) in [5.41, 5.74) is 1.59. The third-order valence-electron chi connectivity index (χ3n) is 4.65. The number of fused-ring (bicyclic) bond motifs is 1. The van der Waals surface area contributed by atoms with Crippen molar-refractivity contribution in [2.75, 3.05) is 13.7 Å². The molecule has 0 radical (unpaired) electrons. The molecular weight excluding hydrogens is 356 g/mol. The first-order valence-corrected chi connectivity index (χ1v) is 9.07. The molecule has 146 valence electrons. The Morgan fingerprint density at radius 2 is 1.79 bits per heavy atom. The number of aliphatic carboxylic acids is 1. The number of hydrogen-bond donors (Lipinski definition) is 2. The Hall–Kier alpha value is -3.12. The van der Waals surface area contributed by atoms with Gasteiger partial charge in [0, 0.05) is 30.8 Å². The van der Waals surface area contributed by atoms with E-state index in [1.807, 2.05) is 65.4 Å². The lowest BCUT2D eigenvalue weighted by Gasteiger charge is -2.28. The second kappa shape index (κ2) is 8.27. The van der Waals surface area contributed by atoms with E-state index in [1.54, 1.807) is 6.92 Å². The number of aromatic nitrogens is 1. The van der Waals surface area contributed by atoms with Crippen LogP contribution in [0, 0.1) is 0 Å². The molecule has 6 heteroatoms. The van der Waals surface area contributed by atoms with Gasteiger partial charge in [-0.25, -0.2) is 0 Å². The van der Waals surface area contributed by atoms with Gasteiger partial charge in [-0.15, -0.1) is 0 Å². The number of nitrogens with zero attached hydrogens (tertiary/aromatic N) is 1. The summed E-state index contributed by atoms with van der Waals surface area (Å²) in [5.74, 6) is -1.31. The smallest absolute Gasteiger partial charge is 0.305 e. The van der Waals surface area contributed by atoms with E-state index in [0.717, 1.165) is 16.5 Å². The summed E-state index contributed by atoms with van der Waals surface area (Å²) in [6, 6.07) is 17.7. The Labute approximate surface area is 163 Å². The van der Waals surface area contributed by atoms with Crippen molar-refractivity contribution >= 4 is 22.8 Å². The number of rotatable bonds is 8. The molecule has 1 amide bonds. The van der Waals surface area contributed by atoms with Crippen molar-refractivity contribution in [3.63, 3.8) is 0 Å². The summed E-state index contributed by atoms with van der Waals surface area (Å²) in [6.07, 6.45) is 1.59. The average Bonchev–Trinajstić information content (AvgIpc) is 3.01. The third-order valence-corrected chi connectivity index (χ3v) is 4.65. The van der Waals surface area contributed by atoms with E-state index in [1.165, 1.54) is 7.11 Å². The maximum absolute atomic E-state index is 13.0. The number of carbonyl (C=O) groups is 2. The predicted octanol–water partition coefficient (Wildman–Crippen LogP) is 3.30. The monoisotopic (exact) mass is 380 g/mol. The Bertz CT molecular complexity index is 981. The van der Waals surface area contributed by atoms with E-state index in [-0.39, 0.29) is 18.9 Å².